The summed E-state index contributed by atoms with van der Waals surface area (Å²) in [5, 5.41) is 11.3. The molecule has 0 radical (unpaired) electrons. The lowest BCUT2D eigenvalue weighted by atomic mass is 10.1. The van der Waals surface area contributed by atoms with Crippen LogP contribution in [0.4, 0.5) is 11.4 Å². The number of azo groups is 1. The number of H-pyrrole nitrogens is 1. The van der Waals surface area contributed by atoms with Gasteiger partial charge in [0.2, 0.25) is 4.71 Å². The van der Waals surface area contributed by atoms with Gasteiger partial charge < -0.3 is 4.52 Å². The molecule has 21 heavy (non-hydrogen) atoms. The van der Waals surface area contributed by atoms with Crippen LogP contribution in [0.15, 0.2) is 69.3 Å². The van der Waals surface area contributed by atoms with Gasteiger partial charge in [-0.05, 0) is 31.3 Å². The van der Waals surface area contributed by atoms with Crippen LogP contribution >= 0.6 is 12.2 Å². The lowest BCUT2D eigenvalue weighted by molar-refractivity contribution is 0.411. The molecule has 4 nitrogen and oxygen atoms in total. The van der Waals surface area contributed by atoms with Crippen LogP contribution < -0.4 is 0 Å². The second-order valence-electron chi connectivity index (χ2n) is 4.62. The fourth-order valence-corrected chi connectivity index (χ4v) is 2.09. The van der Waals surface area contributed by atoms with Crippen molar-refractivity contribution in [2.24, 2.45) is 10.2 Å². The van der Waals surface area contributed by atoms with Crippen molar-refractivity contribution in [2.45, 2.75) is 6.92 Å². The van der Waals surface area contributed by atoms with Gasteiger partial charge in [-0.25, -0.2) is 5.16 Å². The first-order chi connectivity index (χ1) is 10.2. The highest BCUT2D eigenvalue weighted by atomic mass is 32.1. The van der Waals surface area contributed by atoms with Gasteiger partial charge in [-0.1, -0.05) is 48.0 Å². The molecule has 1 aromatic heterocycles. The van der Waals surface area contributed by atoms with Gasteiger partial charge >= 0.3 is 0 Å². The van der Waals surface area contributed by atoms with E-state index in [1.807, 2.05) is 61.5 Å². The maximum Gasteiger partial charge on any atom is 0.248 e. The van der Waals surface area contributed by atoms with Crippen molar-refractivity contribution in [1.82, 2.24) is 5.16 Å². The molecule has 5 heteroatoms. The topological polar surface area (TPSA) is 53.6 Å². The Morgan fingerprint density at radius 2 is 1.67 bits per heavy atom. The molecule has 0 saturated carbocycles. The van der Waals surface area contributed by atoms with E-state index in [9.17, 15) is 0 Å². The van der Waals surface area contributed by atoms with Crippen LogP contribution in [0.25, 0.3) is 11.3 Å². The first-order valence-corrected chi connectivity index (χ1v) is 6.90. The number of nitrogens with zero attached hydrogens (tertiary/aromatic N) is 2. The van der Waals surface area contributed by atoms with Crippen molar-refractivity contribution in [2.75, 3.05) is 0 Å². The predicted octanol–water partition coefficient (Wildman–Crippen LogP) is 5.73. The molecule has 0 unspecified atom stereocenters. The van der Waals surface area contributed by atoms with Gasteiger partial charge in [-0.3, -0.25) is 0 Å². The van der Waals surface area contributed by atoms with E-state index in [1.54, 1.807) is 0 Å². The van der Waals surface area contributed by atoms with Crippen LogP contribution in [-0.2, 0) is 0 Å². The van der Waals surface area contributed by atoms with Gasteiger partial charge in [0.05, 0.1) is 5.69 Å². The predicted molar refractivity (Wildman–Crippen MR) is 84.7 cm³/mol. The Morgan fingerprint density at radius 1 is 0.952 bits per heavy atom. The molecule has 104 valence electrons. The Morgan fingerprint density at radius 3 is 2.38 bits per heavy atom. The number of hydrogen-bond acceptors (Lipinski definition) is 4. The van der Waals surface area contributed by atoms with Crippen molar-refractivity contribution in [3.8, 4) is 11.3 Å². The van der Waals surface area contributed by atoms with Crippen LogP contribution in [0.5, 0.6) is 0 Å². The molecule has 0 atom stereocenters. The van der Waals surface area contributed by atoms with Gasteiger partial charge in [-0.2, -0.15) is 5.11 Å². The Balaban J connectivity index is 1.98. The summed E-state index contributed by atoms with van der Waals surface area (Å²) in [6.45, 7) is 2.03. The lowest BCUT2D eigenvalue weighted by Gasteiger charge is -1.97. The van der Waals surface area contributed by atoms with Gasteiger partial charge in [0.15, 0.2) is 5.69 Å². The smallest absolute Gasteiger partial charge is 0.248 e. The van der Waals surface area contributed by atoms with Crippen LogP contribution in [0.1, 0.15) is 5.56 Å². The van der Waals surface area contributed by atoms with Crippen LogP contribution in [0.2, 0.25) is 0 Å². The van der Waals surface area contributed by atoms with E-state index in [0.29, 0.717) is 10.4 Å². The Labute approximate surface area is 127 Å². The minimum absolute atomic E-state index is 0.296. The molecule has 3 aromatic rings. The maximum absolute atomic E-state index is 5.19. The van der Waals surface area contributed by atoms with Crippen molar-refractivity contribution in [1.29, 1.82) is 0 Å². The summed E-state index contributed by atoms with van der Waals surface area (Å²) in [4.78, 5) is 0. The molecule has 3 rings (SSSR count). The van der Waals surface area contributed by atoms with Crippen LogP contribution in [0, 0.1) is 11.6 Å². The number of nitrogens with one attached hydrogen (secondary N) is 1. The number of benzene rings is 2. The molecule has 1 heterocycles. The SMILES string of the molecule is Cc1ccc(N=Nc2c(-c3ccccc3)[nH]oc2=S)cc1. The fraction of sp³-hybridized carbons (Fsp3) is 0.0625. The van der Waals surface area contributed by atoms with E-state index in [4.69, 9.17) is 16.7 Å². The van der Waals surface area contributed by atoms with Crippen molar-refractivity contribution in [3.63, 3.8) is 0 Å². The third kappa shape index (κ3) is 2.98. The Kier molecular flexibility index (Phi) is 3.75. The molecular formula is C16H13N3OS. The van der Waals surface area contributed by atoms with Crippen LogP contribution in [-0.4, -0.2) is 5.16 Å². The van der Waals surface area contributed by atoms with E-state index < -0.39 is 0 Å². The van der Waals surface area contributed by atoms with Crippen molar-refractivity contribution >= 4 is 23.6 Å². The van der Waals surface area contributed by atoms with Gasteiger partial charge in [-0.15, -0.1) is 5.11 Å². The van der Waals surface area contributed by atoms with E-state index in [1.165, 1.54) is 5.56 Å². The van der Waals surface area contributed by atoms with Crippen molar-refractivity contribution < 1.29 is 4.52 Å². The third-order valence-electron chi connectivity index (χ3n) is 3.04. The summed E-state index contributed by atoms with van der Waals surface area (Å²) in [5.41, 5.74) is 4.18. The monoisotopic (exact) mass is 295 g/mol. The Bertz CT molecular complexity index is 817. The van der Waals surface area contributed by atoms with Gasteiger partial charge in [0.25, 0.3) is 0 Å². The molecule has 0 aliphatic carbocycles. The molecule has 0 aliphatic rings. The summed E-state index contributed by atoms with van der Waals surface area (Å²) in [6.07, 6.45) is 0. The number of aromatic nitrogens is 1. The minimum Gasteiger partial charge on any atom is -0.368 e. The highest BCUT2D eigenvalue weighted by Crippen LogP contribution is 2.31. The molecule has 1 N–H and O–H groups in total. The summed E-state index contributed by atoms with van der Waals surface area (Å²) in [7, 11) is 0. The normalized spacial score (nSPS) is 11.1. The highest BCUT2D eigenvalue weighted by molar-refractivity contribution is 7.71. The first-order valence-electron chi connectivity index (χ1n) is 6.49. The first kappa shape index (κ1) is 13.5. The number of aromatic amines is 1. The zero-order valence-electron chi connectivity index (χ0n) is 11.4. The van der Waals surface area contributed by atoms with Gasteiger partial charge in [0.1, 0.15) is 5.69 Å². The zero-order chi connectivity index (χ0) is 14.7. The van der Waals surface area contributed by atoms with Crippen molar-refractivity contribution in [3.05, 3.63) is 64.9 Å². The average molecular weight is 295 g/mol. The number of hydrogen-bond donors (Lipinski definition) is 1. The van der Waals surface area contributed by atoms with E-state index in [0.717, 1.165) is 16.9 Å². The quantitative estimate of drug-likeness (QED) is 0.495. The third-order valence-corrected chi connectivity index (χ3v) is 3.31. The number of rotatable bonds is 3. The summed E-state index contributed by atoms with van der Waals surface area (Å²) in [6, 6.07) is 17.6. The molecule has 0 bridgehead atoms. The summed E-state index contributed by atoms with van der Waals surface area (Å²) < 4.78 is 5.49. The van der Waals surface area contributed by atoms with Gasteiger partial charge in [0, 0.05) is 5.56 Å². The molecule has 2 aromatic carbocycles. The molecular weight excluding hydrogens is 282 g/mol. The second-order valence-corrected chi connectivity index (χ2v) is 4.99. The molecule has 0 spiro atoms. The van der Waals surface area contributed by atoms with Crippen LogP contribution in [0.3, 0.4) is 0 Å². The number of aryl methyl sites for hydroxylation is 1. The zero-order valence-corrected chi connectivity index (χ0v) is 12.2. The lowest BCUT2D eigenvalue weighted by Crippen LogP contribution is -1.76. The summed E-state index contributed by atoms with van der Waals surface area (Å²) in [5.74, 6) is 0. The molecule has 0 amide bonds. The largest absolute Gasteiger partial charge is 0.368 e. The van der Waals surface area contributed by atoms with E-state index in [-0.39, 0.29) is 0 Å². The summed E-state index contributed by atoms with van der Waals surface area (Å²) >= 11 is 5.16. The second kappa shape index (κ2) is 5.85. The molecule has 0 aliphatic heterocycles. The standard InChI is InChI=1S/C16H13N3OS/c1-11-7-9-13(10-8-11)17-18-15-14(19-20-16(15)21)12-5-3-2-4-6-12/h2-10,19H,1H3. The Hall–Kier alpha value is -2.53. The molecule has 0 saturated heterocycles. The van der Waals surface area contributed by atoms with E-state index in [2.05, 4.69) is 15.4 Å². The molecule has 0 fully saturated rings. The maximum atomic E-state index is 5.19. The fourth-order valence-electron chi connectivity index (χ4n) is 1.91. The highest BCUT2D eigenvalue weighted by Gasteiger charge is 2.10. The average Bonchev–Trinajstić information content (AvgIpc) is 2.89. The van der Waals surface area contributed by atoms with E-state index >= 15 is 0 Å². The minimum atomic E-state index is 0.296.